The second-order valence-corrected chi connectivity index (χ2v) is 4.05. The molecule has 0 N–H and O–H groups in total. The third-order valence-corrected chi connectivity index (χ3v) is 2.37. The summed E-state index contributed by atoms with van der Waals surface area (Å²) in [5.74, 6) is 2.65. The first-order valence-corrected chi connectivity index (χ1v) is 4.52. The molecule has 1 aromatic rings. The highest BCUT2D eigenvalue weighted by Gasteiger charge is 2.20. The van der Waals surface area contributed by atoms with Crippen LogP contribution in [0.1, 0.15) is 19.4 Å². The van der Waals surface area contributed by atoms with Crippen molar-refractivity contribution in [1.29, 1.82) is 0 Å². The molecule has 0 amide bonds. The molecule has 1 rings (SSSR count). The molecule has 1 nitrogen and oxygen atoms in total. The summed E-state index contributed by atoms with van der Waals surface area (Å²) in [5, 5.41) is 0.935. The van der Waals surface area contributed by atoms with Crippen LogP contribution in [0.25, 0.3) is 0 Å². The van der Waals surface area contributed by atoms with Gasteiger partial charge >= 0.3 is 0 Å². The zero-order valence-corrected chi connectivity index (χ0v) is 8.95. The zero-order chi connectivity index (χ0) is 10.1. The molecule has 0 saturated heterocycles. The minimum absolute atomic E-state index is 0.376. The predicted molar refractivity (Wildman–Crippen MR) is 56.1 cm³/mol. The molecule has 0 aliphatic heterocycles. The van der Waals surface area contributed by atoms with Crippen LogP contribution >= 0.6 is 23.2 Å². The van der Waals surface area contributed by atoms with Crippen molar-refractivity contribution in [2.24, 2.45) is 0 Å². The van der Waals surface area contributed by atoms with E-state index in [4.69, 9.17) is 29.6 Å². The van der Waals surface area contributed by atoms with Crippen LogP contribution in [0.2, 0.25) is 10.2 Å². The van der Waals surface area contributed by atoms with Crippen molar-refractivity contribution in [3.63, 3.8) is 0 Å². The molecular formula is C10H9Cl2N. The molecule has 1 heterocycles. The lowest BCUT2D eigenvalue weighted by atomic mass is 9.87. The van der Waals surface area contributed by atoms with Gasteiger partial charge < -0.3 is 0 Å². The first-order chi connectivity index (χ1) is 5.97. The van der Waals surface area contributed by atoms with E-state index in [0.29, 0.717) is 10.2 Å². The molecule has 13 heavy (non-hydrogen) atoms. The summed E-state index contributed by atoms with van der Waals surface area (Å²) in [4.78, 5) is 3.94. The summed E-state index contributed by atoms with van der Waals surface area (Å²) in [6, 6.07) is 1.59. The van der Waals surface area contributed by atoms with Crippen LogP contribution in [0.4, 0.5) is 0 Å². The van der Waals surface area contributed by atoms with E-state index in [9.17, 15) is 0 Å². The van der Waals surface area contributed by atoms with Crippen molar-refractivity contribution in [3.05, 3.63) is 28.0 Å². The third kappa shape index (κ3) is 2.15. The van der Waals surface area contributed by atoms with E-state index < -0.39 is 5.41 Å². The van der Waals surface area contributed by atoms with Gasteiger partial charge in [0.1, 0.15) is 5.15 Å². The SMILES string of the molecule is C#CC(C)(C)c1cnc(Cl)cc1Cl. The van der Waals surface area contributed by atoms with Crippen LogP contribution < -0.4 is 0 Å². The van der Waals surface area contributed by atoms with Gasteiger partial charge in [0.2, 0.25) is 0 Å². The Balaban J connectivity index is 3.26. The van der Waals surface area contributed by atoms with Crippen LogP contribution in [0.15, 0.2) is 12.3 Å². The topological polar surface area (TPSA) is 12.9 Å². The number of halogens is 2. The molecule has 68 valence electrons. The Kier molecular flexibility index (Phi) is 2.85. The summed E-state index contributed by atoms with van der Waals surface area (Å²) in [7, 11) is 0. The molecule has 0 aliphatic carbocycles. The molecule has 0 unspecified atom stereocenters. The molecule has 0 spiro atoms. The standard InChI is InChI=1S/C10H9Cl2N/c1-4-10(2,3)7-6-13-9(12)5-8(7)11/h1,5-6H,2-3H3. The normalized spacial score (nSPS) is 11.0. The Labute approximate surface area is 88.1 Å². The molecule has 0 aromatic carbocycles. The van der Waals surface area contributed by atoms with Gasteiger partial charge in [-0.1, -0.05) is 29.1 Å². The molecule has 3 heteroatoms. The highest BCUT2D eigenvalue weighted by Crippen LogP contribution is 2.29. The number of hydrogen-bond donors (Lipinski definition) is 0. The highest BCUT2D eigenvalue weighted by molar-refractivity contribution is 6.34. The molecule has 0 fully saturated rings. The van der Waals surface area contributed by atoms with Gasteiger partial charge in [0.25, 0.3) is 0 Å². The highest BCUT2D eigenvalue weighted by atomic mass is 35.5. The maximum absolute atomic E-state index is 5.97. The Morgan fingerprint density at radius 3 is 2.54 bits per heavy atom. The molecule has 0 atom stereocenters. The number of pyridine rings is 1. The lowest BCUT2D eigenvalue weighted by Gasteiger charge is -2.18. The first kappa shape index (κ1) is 10.4. The Morgan fingerprint density at radius 1 is 1.46 bits per heavy atom. The van der Waals surface area contributed by atoms with Crippen molar-refractivity contribution in [1.82, 2.24) is 4.98 Å². The molecular weight excluding hydrogens is 205 g/mol. The van der Waals surface area contributed by atoms with Crippen molar-refractivity contribution < 1.29 is 0 Å². The predicted octanol–water partition coefficient (Wildman–Crippen LogP) is 3.30. The number of rotatable bonds is 1. The fraction of sp³-hybridized carbons (Fsp3) is 0.300. The fourth-order valence-corrected chi connectivity index (χ4v) is 1.55. The van der Waals surface area contributed by atoms with E-state index in [1.165, 1.54) is 0 Å². The monoisotopic (exact) mass is 213 g/mol. The van der Waals surface area contributed by atoms with Crippen LogP contribution in [0.3, 0.4) is 0 Å². The van der Waals surface area contributed by atoms with Crippen molar-refractivity contribution in [2.75, 3.05) is 0 Å². The average molecular weight is 214 g/mol. The van der Waals surface area contributed by atoms with Gasteiger partial charge in [-0.15, -0.1) is 6.42 Å². The first-order valence-electron chi connectivity index (χ1n) is 3.76. The van der Waals surface area contributed by atoms with Gasteiger partial charge in [-0.3, -0.25) is 0 Å². The number of nitrogens with zero attached hydrogens (tertiary/aromatic N) is 1. The summed E-state index contributed by atoms with van der Waals surface area (Å²) in [5.41, 5.74) is 0.412. The van der Waals surface area contributed by atoms with E-state index in [-0.39, 0.29) is 0 Å². The molecule has 0 bridgehead atoms. The summed E-state index contributed by atoms with van der Waals surface area (Å²) in [6.07, 6.45) is 6.99. The average Bonchev–Trinajstić information content (AvgIpc) is 2.03. The van der Waals surface area contributed by atoms with Gasteiger partial charge in [0.05, 0.1) is 5.41 Å². The van der Waals surface area contributed by atoms with E-state index in [0.717, 1.165) is 5.56 Å². The van der Waals surface area contributed by atoms with Crippen LogP contribution in [0.5, 0.6) is 0 Å². The Morgan fingerprint density at radius 2 is 2.08 bits per heavy atom. The Bertz CT molecular complexity index is 364. The van der Waals surface area contributed by atoms with E-state index in [1.807, 2.05) is 13.8 Å². The van der Waals surface area contributed by atoms with Crippen molar-refractivity contribution in [3.8, 4) is 12.3 Å². The minimum atomic E-state index is -0.408. The van der Waals surface area contributed by atoms with Gasteiger partial charge in [-0.25, -0.2) is 4.98 Å². The van der Waals surface area contributed by atoms with Crippen molar-refractivity contribution in [2.45, 2.75) is 19.3 Å². The molecule has 1 aromatic heterocycles. The lowest BCUT2D eigenvalue weighted by molar-refractivity contribution is 0.695. The lowest BCUT2D eigenvalue weighted by Crippen LogP contribution is -2.14. The fourth-order valence-electron chi connectivity index (χ4n) is 0.945. The molecule has 0 saturated carbocycles. The largest absolute Gasteiger partial charge is 0.244 e. The third-order valence-electron chi connectivity index (χ3n) is 1.85. The second kappa shape index (κ2) is 3.57. The van der Waals surface area contributed by atoms with Gasteiger partial charge in [0, 0.05) is 16.8 Å². The summed E-state index contributed by atoms with van der Waals surface area (Å²) < 4.78 is 0. The van der Waals surface area contributed by atoms with E-state index >= 15 is 0 Å². The van der Waals surface area contributed by atoms with Gasteiger partial charge in [-0.05, 0) is 19.9 Å². The van der Waals surface area contributed by atoms with Crippen molar-refractivity contribution >= 4 is 23.2 Å². The van der Waals surface area contributed by atoms with E-state index in [1.54, 1.807) is 12.3 Å². The number of aromatic nitrogens is 1. The number of hydrogen-bond acceptors (Lipinski definition) is 1. The maximum atomic E-state index is 5.97. The van der Waals surface area contributed by atoms with Gasteiger partial charge in [0.15, 0.2) is 0 Å². The molecule has 0 aliphatic rings. The molecule has 0 radical (unpaired) electrons. The minimum Gasteiger partial charge on any atom is -0.244 e. The Hall–Kier alpha value is -0.710. The maximum Gasteiger partial charge on any atom is 0.130 e. The van der Waals surface area contributed by atoms with Crippen LogP contribution in [-0.4, -0.2) is 4.98 Å². The van der Waals surface area contributed by atoms with E-state index in [2.05, 4.69) is 10.9 Å². The van der Waals surface area contributed by atoms with Crippen LogP contribution in [-0.2, 0) is 5.41 Å². The quantitative estimate of drug-likeness (QED) is 0.516. The van der Waals surface area contributed by atoms with Crippen LogP contribution in [0, 0.1) is 12.3 Å². The number of terminal acetylenes is 1. The van der Waals surface area contributed by atoms with Gasteiger partial charge in [-0.2, -0.15) is 0 Å². The smallest absolute Gasteiger partial charge is 0.130 e. The summed E-state index contributed by atoms with van der Waals surface area (Å²) in [6.45, 7) is 3.81. The summed E-state index contributed by atoms with van der Waals surface area (Å²) >= 11 is 11.6. The zero-order valence-electron chi connectivity index (χ0n) is 7.44. The second-order valence-electron chi connectivity index (χ2n) is 3.26.